The molecule has 4 rings (SSSR count). The van der Waals surface area contributed by atoms with E-state index in [0.717, 1.165) is 28.4 Å². The number of fused-ring (bicyclic) bond motifs is 1. The summed E-state index contributed by atoms with van der Waals surface area (Å²) >= 11 is 6.35. The number of benzene rings is 2. The molecule has 2 heterocycles. The Morgan fingerprint density at radius 1 is 1.19 bits per heavy atom. The van der Waals surface area contributed by atoms with E-state index < -0.39 is 5.82 Å². The molecule has 0 saturated carbocycles. The van der Waals surface area contributed by atoms with E-state index in [4.69, 9.17) is 12.2 Å². The Bertz CT molecular complexity index is 1240. The third-order valence-electron chi connectivity index (χ3n) is 4.98. The van der Waals surface area contributed by atoms with Crippen LogP contribution in [0.1, 0.15) is 17.7 Å². The van der Waals surface area contributed by atoms with Crippen molar-refractivity contribution in [1.82, 2.24) is 15.2 Å². The van der Waals surface area contributed by atoms with Crippen molar-refractivity contribution in [3.63, 3.8) is 0 Å². The SMILES string of the molecule is O=C(CCN1C(=O)C(=Cc2ccccc2F)SC1=S)NCCc1cc2cc(F)ccc2[nH]1. The second kappa shape index (κ2) is 9.62. The molecule has 1 saturated heterocycles. The zero-order chi connectivity index (χ0) is 22.7. The smallest absolute Gasteiger partial charge is 0.266 e. The van der Waals surface area contributed by atoms with Gasteiger partial charge in [-0.1, -0.05) is 42.2 Å². The number of carbonyl (C=O) groups is 2. The Labute approximate surface area is 192 Å². The molecule has 5 nitrogen and oxygen atoms in total. The van der Waals surface area contributed by atoms with Gasteiger partial charge in [-0.25, -0.2) is 8.78 Å². The van der Waals surface area contributed by atoms with Crippen LogP contribution in [0.2, 0.25) is 0 Å². The van der Waals surface area contributed by atoms with Crippen LogP contribution in [0.5, 0.6) is 0 Å². The summed E-state index contributed by atoms with van der Waals surface area (Å²) in [6.45, 7) is 0.552. The molecular formula is C23H19F2N3O2S2. The minimum absolute atomic E-state index is 0.0946. The van der Waals surface area contributed by atoms with E-state index in [1.54, 1.807) is 24.3 Å². The van der Waals surface area contributed by atoms with Gasteiger partial charge in [0.15, 0.2) is 0 Å². The lowest BCUT2D eigenvalue weighted by molar-refractivity contribution is -0.123. The number of nitrogens with one attached hydrogen (secondary N) is 2. The van der Waals surface area contributed by atoms with Gasteiger partial charge in [0.25, 0.3) is 5.91 Å². The van der Waals surface area contributed by atoms with Crippen molar-refractivity contribution in [1.29, 1.82) is 0 Å². The van der Waals surface area contributed by atoms with E-state index in [2.05, 4.69) is 10.3 Å². The number of halogens is 2. The topological polar surface area (TPSA) is 65.2 Å². The van der Waals surface area contributed by atoms with E-state index in [0.29, 0.717) is 27.8 Å². The first-order chi connectivity index (χ1) is 15.4. The number of amides is 2. The summed E-state index contributed by atoms with van der Waals surface area (Å²) in [6.07, 6.45) is 2.13. The zero-order valence-electron chi connectivity index (χ0n) is 16.9. The monoisotopic (exact) mass is 471 g/mol. The molecule has 0 bridgehead atoms. The van der Waals surface area contributed by atoms with Crippen LogP contribution < -0.4 is 5.32 Å². The zero-order valence-corrected chi connectivity index (χ0v) is 18.5. The van der Waals surface area contributed by atoms with Gasteiger partial charge in [0.2, 0.25) is 5.91 Å². The van der Waals surface area contributed by atoms with Crippen LogP contribution in [0, 0.1) is 11.6 Å². The highest BCUT2D eigenvalue weighted by Crippen LogP contribution is 2.33. The molecular weight excluding hydrogens is 452 g/mol. The van der Waals surface area contributed by atoms with E-state index in [-0.39, 0.29) is 30.6 Å². The molecule has 0 spiro atoms. The molecule has 2 aromatic carbocycles. The highest BCUT2D eigenvalue weighted by atomic mass is 32.2. The van der Waals surface area contributed by atoms with Gasteiger partial charge < -0.3 is 10.3 Å². The molecule has 2 amide bonds. The molecule has 2 N–H and O–H groups in total. The maximum Gasteiger partial charge on any atom is 0.266 e. The summed E-state index contributed by atoms with van der Waals surface area (Å²) in [4.78, 5) is 29.7. The van der Waals surface area contributed by atoms with Crippen LogP contribution in [0.3, 0.4) is 0 Å². The maximum absolute atomic E-state index is 13.9. The highest BCUT2D eigenvalue weighted by Gasteiger charge is 2.32. The Hall–Kier alpha value is -3.04. The molecule has 0 unspecified atom stereocenters. The number of thiocarbonyl (C=S) groups is 1. The maximum atomic E-state index is 13.9. The molecule has 1 aliphatic rings. The standard InChI is InChI=1S/C23H19F2N3O2S2/c24-16-5-6-19-15(11-16)12-17(27-19)7-9-26-21(29)8-10-28-22(30)20(32-23(28)31)13-14-3-1-2-4-18(14)25/h1-6,11-13,27H,7-10H2,(H,26,29). The summed E-state index contributed by atoms with van der Waals surface area (Å²) < 4.78 is 27.5. The van der Waals surface area contributed by atoms with Crippen molar-refractivity contribution in [3.05, 3.63) is 76.3 Å². The fraction of sp³-hybridized carbons (Fsp3) is 0.174. The summed E-state index contributed by atoms with van der Waals surface area (Å²) in [5.74, 6) is -1.26. The van der Waals surface area contributed by atoms with Gasteiger partial charge in [-0.2, -0.15) is 0 Å². The molecule has 9 heteroatoms. The molecule has 0 radical (unpaired) electrons. The lowest BCUT2D eigenvalue weighted by Crippen LogP contribution is -2.34. The van der Waals surface area contributed by atoms with Crippen molar-refractivity contribution in [2.75, 3.05) is 13.1 Å². The Morgan fingerprint density at radius 3 is 2.81 bits per heavy atom. The molecule has 1 aromatic heterocycles. The normalized spacial score (nSPS) is 15.2. The average Bonchev–Trinajstić information content (AvgIpc) is 3.27. The lowest BCUT2D eigenvalue weighted by atomic mass is 10.2. The van der Waals surface area contributed by atoms with E-state index in [1.165, 1.54) is 29.2 Å². The highest BCUT2D eigenvalue weighted by molar-refractivity contribution is 8.26. The molecule has 1 fully saturated rings. The van der Waals surface area contributed by atoms with Crippen LogP contribution in [0.4, 0.5) is 8.78 Å². The van der Waals surface area contributed by atoms with E-state index in [1.807, 2.05) is 6.07 Å². The van der Waals surface area contributed by atoms with Gasteiger partial charge >= 0.3 is 0 Å². The van der Waals surface area contributed by atoms with Crippen molar-refractivity contribution in [2.24, 2.45) is 0 Å². The third-order valence-corrected chi connectivity index (χ3v) is 6.36. The van der Waals surface area contributed by atoms with E-state index >= 15 is 0 Å². The first-order valence-corrected chi connectivity index (χ1v) is 11.2. The number of aromatic nitrogens is 1. The summed E-state index contributed by atoms with van der Waals surface area (Å²) in [7, 11) is 0. The van der Waals surface area contributed by atoms with Crippen molar-refractivity contribution >= 4 is 57.1 Å². The van der Waals surface area contributed by atoms with Gasteiger partial charge in [-0.05, 0) is 36.4 Å². The molecule has 164 valence electrons. The van der Waals surface area contributed by atoms with Gasteiger partial charge in [0, 0.05) is 48.1 Å². The van der Waals surface area contributed by atoms with Crippen molar-refractivity contribution in [3.8, 4) is 0 Å². The molecule has 3 aromatic rings. The molecule has 1 aliphatic heterocycles. The first kappa shape index (κ1) is 22.2. The quantitative estimate of drug-likeness (QED) is 0.396. The van der Waals surface area contributed by atoms with E-state index in [9.17, 15) is 18.4 Å². The van der Waals surface area contributed by atoms with Crippen LogP contribution in [-0.2, 0) is 16.0 Å². The second-order valence-electron chi connectivity index (χ2n) is 7.23. The Kier molecular flexibility index (Phi) is 6.66. The lowest BCUT2D eigenvalue weighted by Gasteiger charge is -2.14. The van der Waals surface area contributed by atoms with Gasteiger partial charge in [-0.3, -0.25) is 14.5 Å². The van der Waals surface area contributed by atoms with Crippen LogP contribution in [0.25, 0.3) is 17.0 Å². The van der Waals surface area contributed by atoms with Gasteiger partial charge in [0.1, 0.15) is 16.0 Å². The predicted molar refractivity (Wildman–Crippen MR) is 126 cm³/mol. The number of nitrogens with zero attached hydrogens (tertiary/aromatic N) is 1. The van der Waals surface area contributed by atoms with Crippen LogP contribution >= 0.6 is 24.0 Å². The number of H-pyrrole nitrogens is 1. The first-order valence-electron chi connectivity index (χ1n) is 9.94. The van der Waals surface area contributed by atoms with Crippen LogP contribution in [-0.4, -0.2) is 39.1 Å². The van der Waals surface area contributed by atoms with Crippen molar-refractivity contribution < 1.29 is 18.4 Å². The van der Waals surface area contributed by atoms with Crippen LogP contribution in [0.15, 0.2) is 53.4 Å². The number of thioether (sulfide) groups is 1. The average molecular weight is 472 g/mol. The number of aromatic amines is 1. The summed E-state index contributed by atoms with van der Waals surface area (Å²) in [6, 6.07) is 12.6. The van der Waals surface area contributed by atoms with Gasteiger partial charge in [0.05, 0.1) is 4.91 Å². The molecule has 32 heavy (non-hydrogen) atoms. The fourth-order valence-electron chi connectivity index (χ4n) is 3.36. The second-order valence-corrected chi connectivity index (χ2v) is 8.91. The number of carbonyl (C=O) groups excluding carboxylic acids is 2. The minimum atomic E-state index is -0.419. The van der Waals surface area contributed by atoms with Crippen molar-refractivity contribution in [2.45, 2.75) is 12.8 Å². The molecule has 0 atom stereocenters. The molecule has 0 aliphatic carbocycles. The predicted octanol–water partition coefficient (Wildman–Crippen LogP) is 4.40. The third kappa shape index (κ3) is 5.05. The Balaban J connectivity index is 1.27. The number of rotatable bonds is 7. The summed E-state index contributed by atoms with van der Waals surface area (Å²) in [5, 5.41) is 3.60. The number of hydrogen-bond donors (Lipinski definition) is 2. The minimum Gasteiger partial charge on any atom is -0.358 e. The fourth-order valence-corrected chi connectivity index (χ4v) is 4.66. The van der Waals surface area contributed by atoms with Gasteiger partial charge in [-0.15, -0.1) is 0 Å². The number of hydrogen-bond acceptors (Lipinski definition) is 4. The Morgan fingerprint density at radius 2 is 2.00 bits per heavy atom. The summed E-state index contributed by atoms with van der Waals surface area (Å²) in [5.41, 5.74) is 2.04. The largest absolute Gasteiger partial charge is 0.358 e.